The highest BCUT2D eigenvalue weighted by Gasteiger charge is 2.35. The number of carbonyl (C=O) groups excluding carboxylic acids is 3. The van der Waals surface area contributed by atoms with Crippen molar-refractivity contribution in [3.63, 3.8) is 0 Å². The van der Waals surface area contributed by atoms with E-state index in [-0.39, 0.29) is 19.6 Å². The van der Waals surface area contributed by atoms with E-state index in [0.29, 0.717) is 13.0 Å². The monoisotopic (exact) mass is 430 g/mol. The zero-order chi connectivity index (χ0) is 22.8. The van der Waals surface area contributed by atoms with Gasteiger partial charge in [0.1, 0.15) is 0 Å². The molecule has 0 aliphatic rings. The van der Waals surface area contributed by atoms with Crippen molar-refractivity contribution in [2.45, 2.75) is 98.0 Å². The summed E-state index contributed by atoms with van der Waals surface area (Å²) in [5.74, 6) is -3.42. The highest BCUT2D eigenvalue weighted by molar-refractivity contribution is 5.85. The van der Waals surface area contributed by atoms with Crippen LogP contribution in [0.3, 0.4) is 0 Å². The lowest BCUT2D eigenvalue weighted by molar-refractivity contribution is -0.164. The maximum absolute atomic E-state index is 12.6. The fourth-order valence-corrected chi connectivity index (χ4v) is 2.85. The molecule has 7 heteroatoms. The Labute approximate surface area is 181 Å². The largest absolute Gasteiger partial charge is 0.466 e. The molecular formula is C23H42O7. The molecule has 0 fully saturated rings. The highest BCUT2D eigenvalue weighted by atomic mass is 16.5. The van der Waals surface area contributed by atoms with Crippen molar-refractivity contribution in [2.75, 3.05) is 19.8 Å². The molecule has 0 amide bonds. The molecule has 7 nitrogen and oxygen atoms in total. The minimum absolute atomic E-state index is 0.0611. The van der Waals surface area contributed by atoms with Gasteiger partial charge in [-0.15, -0.1) is 0 Å². The van der Waals surface area contributed by atoms with Crippen molar-refractivity contribution in [3.05, 3.63) is 0 Å². The maximum atomic E-state index is 12.6. The summed E-state index contributed by atoms with van der Waals surface area (Å²) in [6.07, 6.45) is 7.28. The lowest BCUT2D eigenvalue weighted by Crippen LogP contribution is -2.33. The van der Waals surface area contributed by atoms with Crippen molar-refractivity contribution < 1.29 is 33.7 Å². The minimum atomic E-state index is -0.946. The molecule has 1 N–H and O–H groups in total. The van der Waals surface area contributed by atoms with Gasteiger partial charge in [-0.3, -0.25) is 14.4 Å². The molecule has 0 saturated carbocycles. The van der Waals surface area contributed by atoms with Crippen molar-refractivity contribution in [3.8, 4) is 0 Å². The van der Waals surface area contributed by atoms with E-state index < -0.39 is 35.8 Å². The van der Waals surface area contributed by atoms with Gasteiger partial charge in [-0.1, -0.05) is 59.3 Å². The first-order valence-corrected chi connectivity index (χ1v) is 11.5. The fourth-order valence-electron chi connectivity index (χ4n) is 2.85. The molecule has 0 saturated heterocycles. The van der Waals surface area contributed by atoms with E-state index in [4.69, 9.17) is 14.2 Å². The average Bonchev–Trinajstić information content (AvgIpc) is 2.70. The van der Waals surface area contributed by atoms with E-state index in [1.54, 1.807) is 13.8 Å². The molecule has 0 aromatic heterocycles. The van der Waals surface area contributed by atoms with Gasteiger partial charge < -0.3 is 19.3 Å². The number of carbonyl (C=O) groups is 3. The molecule has 0 aliphatic carbocycles. The van der Waals surface area contributed by atoms with Crippen LogP contribution in [-0.4, -0.2) is 48.9 Å². The van der Waals surface area contributed by atoms with Crippen LogP contribution < -0.4 is 0 Å². The van der Waals surface area contributed by atoms with Crippen LogP contribution in [0.15, 0.2) is 0 Å². The fraction of sp³-hybridized carbons (Fsp3) is 0.870. The summed E-state index contributed by atoms with van der Waals surface area (Å²) in [5, 5.41) is 9.26. The molecule has 0 radical (unpaired) electrons. The molecular weight excluding hydrogens is 388 g/mol. The lowest BCUT2D eigenvalue weighted by Gasteiger charge is -2.21. The van der Waals surface area contributed by atoms with Gasteiger partial charge >= 0.3 is 17.9 Å². The lowest BCUT2D eigenvalue weighted by atomic mass is 9.91. The summed E-state index contributed by atoms with van der Waals surface area (Å²) in [4.78, 5) is 37.1. The number of unbranched alkanes of at least 4 members (excludes halogenated alkanes) is 6. The normalized spacial score (nSPS) is 13.9. The first-order valence-electron chi connectivity index (χ1n) is 11.5. The van der Waals surface area contributed by atoms with Gasteiger partial charge in [0, 0.05) is 6.42 Å². The topological polar surface area (TPSA) is 99.1 Å². The number of rotatable bonds is 18. The molecule has 0 aliphatic heterocycles. The Bertz CT molecular complexity index is 476. The Balaban J connectivity index is 4.75. The number of aliphatic hydroxyl groups excluding tert-OH is 1. The van der Waals surface area contributed by atoms with Gasteiger partial charge in [-0.25, -0.2) is 0 Å². The Morgan fingerprint density at radius 1 is 0.733 bits per heavy atom. The molecule has 0 spiro atoms. The zero-order valence-electron chi connectivity index (χ0n) is 19.3. The molecule has 0 rings (SSSR count). The average molecular weight is 431 g/mol. The number of ether oxygens (including phenoxy) is 3. The third kappa shape index (κ3) is 14.4. The summed E-state index contributed by atoms with van der Waals surface area (Å²) < 4.78 is 15.7. The van der Waals surface area contributed by atoms with Crippen molar-refractivity contribution in [1.82, 2.24) is 0 Å². The summed E-state index contributed by atoms with van der Waals surface area (Å²) >= 11 is 0. The summed E-state index contributed by atoms with van der Waals surface area (Å²) in [6.45, 7) is 8.02. The zero-order valence-corrected chi connectivity index (χ0v) is 19.3. The second kappa shape index (κ2) is 18.2. The van der Waals surface area contributed by atoms with Gasteiger partial charge in [0.05, 0.1) is 44.2 Å². The third-order valence-electron chi connectivity index (χ3n) is 4.95. The van der Waals surface area contributed by atoms with Gasteiger partial charge in [-0.05, 0) is 19.8 Å². The number of hydrogen-bond donors (Lipinski definition) is 1. The molecule has 3 unspecified atom stereocenters. The van der Waals surface area contributed by atoms with Gasteiger partial charge in [0.15, 0.2) is 0 Å². The van der Waals surface area contributed by atoms with E-state index in [1.165, 1.54) is 0 Å². The van der Waals surface area contributed by atoms with Crippen LogP contribution in [0.2, 0.25) is 0 Å². The Morgan fingerprint density at radius 2 is 1.27 bits per heavy atom. The van der Waals surface area contributed by atoms with Crippen molar-refractivity contribution >= 4 is 17.9 Å². The number of aliphatic hydroxyl groups is 1. The molecule has 176 valence electrons. The molecule has 0 bridgehead atoms. The smallest absolute Gasteiger partial charge is 0.310 e. The van der Waals surface area contributed by atoms with Gasteiger partial charge in [-0.2, -0.15) is 0 Å². The van der Waals surface area contributed by atoms with Crippen LogP contribution in [0.5, 0.6) is 0 Å². The van der Waals surface area contributed by atoms with Crippen molar-refractivity contribution in [2.24, 2.45) is 11.8 Å². The van der Waals surface area contributed by atoms with Gasteiger partial charge in [0.2, 0.25) is 0 Å². The van der Waals surface area contributed by atoms with Crippen LogP contribution >= 0.6 is 0 Å². The van der Waals surface area contributed by atoms with E-state index in [0.717, 1.165) is 51.4 Å². The standard InChI is InChI=1S/C23H42O7/c1-5-7-9-11-14-29-22(26)19(4)20(17-21(25)28-16-13-18(3)24)23(27)30-15-12-10-8-6-2/h18-20,24H,5-17H2,1-4H3. The van der Waals surface area contributed by atoms with E-state index >= 15 is 0 Å². The second-order valence-electron chi connectivity index (χ2n) is 7.91. The predicted octanol–water partition coefficient (Wildman–Crippen LogP) is 4.19. The SMILES string of the molecule is CCCCCCOC(=O)C(C)C(CC(=O)OCCC(C)O)C(=O)OCCCCCC. The summed E-state index contributed by atoms with van der Waals surface area (Å²) in [7, 11) is 0. The first-order chi connectivity index (χ1) is 14.3. The van der Waals surface area contributed by atoms with E-state index in [2.05, 4.69) is 13.8 Å². The molecule has 30 heavy (non-hydrogen) atoms. The molecule has 0 heterocycles. The molecule has 0 aromatic rings. The molecule has 3 atom stereocenters. The summed E-state index contributed by atoms with van der Waals surface area (Å²) in [6, 6.07) is 0. The maximum Gasteiger partial charge on any atom is 0.310 e. The van der Waals surface area contributed by atoms with Crippen LogP contribution in [-0.2, 0) is 28.6 Å². The second-order valence-corrected chi connectivity index (χ2v) is 7.91. The predicted molar refractivity (Wildman–Crippen MR) is 115 cm³/mol. The van der Waals surface area contributed by atoms with Crippen molar-refractivity contribution in [1.29, 1.82) is 0 Å². The van der Waals surface area contributed by atoms with Gasteiger partial charge in [0.25, 0.3) is 0 Å². The number of esters is 3. The quantitative estimate of drug-likeness (QED) is 0.198. The van der Waals surface area contributed by atoms with E-state index in [1.807, 2.05) is 0 Å². The first kappa shape index (κ1) is 28.4. The Morgan fingerprint density at radius 3 is 1.77 bits per heavy atom. The number of hydrogen-bond acceptors (Lipinski definition) is 7. The molecule has 0 aromatic carbocycles. The van der Waals surface area contributed by atoms with Crippen LogP contribution in [0.4, 0.5) is 0 Å². The van der Waals surface area contributed by atoms with Crippen LogP contribution in [0.25, 0.3) is 0 Å². The van der Waals surface area contributed by atoms with Crippen LogP contribution in [0, 0.1) is 11.8 Å². The van der Waals surface area contributed by atoms with E-state index in [9.17, 15) is 19.5 Å². The minimum Gasteiger partial charge on any atom is -0.466 e. The Hall–Kier alpha value is -1.63. The highest BCUT2D eigenvalue weighted by Crippen LogP contribution is 2.21. The summed E-state index contributed by atoms with van der Waals surface area (Å²) in [5.41, 5.74) is 0. The third-order valence-corrected chi connectivity index (χ3v) is 4.95. The Kier molecular flexibility index (Phi) is 17.2. The van der Waals surface area contributed by atoms with Crippen LogP contribution in [0.1, 0.15) is 91.9 Å².